The van der Waals surface area contributed by atoms with E-state index in [4.69, 9.17) is 5.84 Å². The Kier molecular flexibility index (Phi) is 6.30. The minimum absolute atomic E-state index is 0.253. The second-order valence-electron chi connectivity index (χ2n) is 5.31. The number of nitrogens with two attached hydrogens (primary N) is 1. The summed E-state index contributed by atoms with van der Waals surface area (Å²) in [5, 5.41) is 0. The number of hydrogen-bond donors (Lipinski definition) is 2. The summed E-state index contributed by atoms with van der Waals surface area (Å²) in [4.78, 5) is 1.25. The molecular formula is C17H21BrN2S. The van der Waals surface area contributed by atoms with E-state index >= 15 is 0 Å². The van der Waals surface area contributed by atoms with E-state index < -0.39 is 0 Å². The highest BCUT2D eigenvalue weighted by molar-refractivity contribution is 9.10. The zero-order chi connectivity index (χ0) is 15.2. The second-order valence-corrected chi connectivity index (χ2v) is 7.22. The molecule has 0 aromatic heterocycles. The fourth-order valence-corrected chi connectivity index (χ4v) is 3.99. The molecule has 0 spiro atoms. The summed E-state index contributed by atoms with van der Waals surface area (Å²) in [6.45, 7) is 4.27. The summed E-state index contributed by atoms with van der Waals surface area (Å²) in [7, 11) is 0. The van der Waals surface area contributed by atoms with E-state index in [1.807, 2.05) is 17.8 Å². The van der Waals surface area contributed by atoms with Crippen molar-refractivity contribution in [2.75, 3.05) is 5.75 Å². The number of aryl methyl sites for hydroxylation is 2. The Labute approximate surface area is 139 Å². The molecule has 112 valence electrons. The van der Waals surface area contributed by atoms with Gasteiger partial charge in [-0.3, -0.25) is 11.3 Å². The van der Waals surface area contributed by atoms with Gasteiger partial charge in [0, 0.05) is 21.2 Å². The van der Waals surface area contributed by atoms with Crippen LogP contribution in [0, 0.1) is 13.8 Å². The van der Waals surface area contributed by atoms with Crippen LogP contribution in [-0.2, 0) is 6.42 Å². The summed E-state index contributed by atoms with van der Waals surface area (Å²) in [5.41, 5.74) is 6.89. The van der Waals surface area contributed by atoms with Gasteiger partial charge in [0.15, 0.2) is 0 Å². The van der Waals surface area contributed by atoms with Crippen LogP contribution in [0.25, 0.3) is 0 Å². The van der Waals surface area contributed by atoms with Crippen molar-refractivity contribution in [2.45, 2.75) is 31.2 Å². The van der Waals surface area contributed by atoms with Crippen molar-refractivity contribution in [3.63, 3.8) is 0 Å². The molecule has 4 heteroatoms. The van der Waals surface area contributed by atoms with E-state index in [0.717, 1.165) is 16.6 Å². The van der Waals surface area contributed by atoms with Crippen LogP contribution in [0.1, 0.15) is 16.7 Å². The third-order valence-corrected chi connectivity index (χ3v) is 5.47. The molecule has 0 amide bonds. The van der Waals surface area contributed by atoms with Gasteiger partial charge in [-0.15, -0.1) is 11.8 Å². The van der Waals surface area contributed by atoms with Crippen LogP contribution >= 0.6 is 27.7 Å². The van der Waals surface area contributed by atoms with Gasteiger partial charge in [-0.1, -0.05) is 41.5 Å². The maximum atomic E-state index is 5.72. The number of nitrogens with one attached hydrogen (secondary N) is 1. The molecule has 1 unspecified atom stereocenters. The molecule has 2 rings (SSSR count). The third kappa shape index (κ3) is 5.15. The Balaban J connectivity index is 1.98. The van der Waals surface area contributed by atoms with Crippen molar-refractivity contribution < 1.29 is 0 Å². The van der Waals surface area contributed by atoms with Crippen molar-refractivity contribution in [3.05, 3.63) is 63.6 Å². The van der Waals surface area contributed by atoms with Crippen LogP contribution < -0.4 is 11.3 Å². The quantitative estimate of drug-likeness (QED) is 0.457. The van der Waals surface area contributed by atoms with E-state index in [0.29, 0.717) is 0 Å². The summed E-state index contributed by atoms with van der Waals surface area (Å²) in [6.07, 6.45) is 0.941. The Hall–Kier alpha value is -0.810. The highest BCUT2D eigenvalue weighted by Crippen LogP contribution is 2.27. The second kappa shape index (κ2) is 7.99. The molecule has 2 nitrogen and oxygen atoms in total. The lowest BCUT2D eigenvalue weighted by Gasteiger charge is -2.17. The normalized spacial score (nSPS) is 12.4. The molecule has 0 aliphatic carbocycles. The van der Waals surface area contributed by atoms with E-state index in [2.05, 4.69) is 71.6 Å². The molecule has 21 heavy (non-hydrogen) atoms. The molecule has 2 aromatic rings. The molecule has 3 N–H and O–H groups in total. The van der Waals surface area contributed by atoms with Crippen LogP contribution in [0.4, 0.5) is 0 Å². The molecule has 0 heterocycles. The van der Waals surface area contributed by atoms with Crippen LogP contribution in [-0.4, -0.2) is 11.8 Å². The van der Waals surface area contributed by atoms with Gasteiger partial charge in [-0.25, -0.2) is 0 Å². The topological polar surface area (TPSA) is 38.0 Å². The fourth-order valence-electron chi connectivity index (χ4n) is 2.39. The van der Waals surface area contributed by atoms with Gasteiger partial charge >= 0.3 is 0 Å². The van der Waals surface area contributed by atoms with Crippen molar-refractivity contribution in [3.8, 4) is 0 Å². The molecule has 0 saturated heterocycles. The van der Waals surface area contributed by atoms with Crippen LogP contribution in [0.15, 0.2) is 51.8 Å². The average molecular weight is 365 g/mol. The maximum Gasteiger partial charge on any atom is 0.0344 e. The van der Waals surface area contributed by atoms with Crippen LogP contribution in [0.5, 0.6) is 0 Å². The van der Waals surface area contributed by atoms with Gasteiger partial charge in [0.05, 0.1) is 0 Å². The Bertz CT molecular complexity index is 581. The smallest absolute Gasteiger partial charge is 0.0344 e. The predicted octanol–water partition coefficient (Wildman–Crippen LogP) is 4.23. The fraction of sp³-hybridized carbons (Fsp3) is 0.294. The molecule has 0 aliphatic rings. The number of benzene rings is 2. The van der Waals surface area contributed by atoms with Gasteiger partial charge in [-0.05, 0) is 53.9 Å². The molecule has 1 atom stereocenters. The van der Waals surface area contributed by atoms with E-state index in [-0.39, 0.29) is 6.04 Å². The van der Waals surface area contributed by atoms with Gasteiger partial charge < -0.3 is 0 Å². The van der Waals surface area contributed by atoms with Crippen molar-refractivity contribution >= 4 is 27.7 Å². The standard InChI is InChI=1S/C17H21BrN2S/c1-12-7-13(2)9-14(8-12)10-15(20-19)11-21-17-6-4-3-5-16(17)18/h3-9,15,20H,10-11,19H2,1-2H3. The predicted molar refractivity (Wildman–Crippen MR) is 95.6 cm³/mol. The first-order chi connectivity index (χ1) is 10.1. The van der Waals surface area contributed by atoms with Crippen molar-refractivity contribution in [1.29, 1.82) is 0 Å². The molecular weight excluding hydrogens is 344 g/mol. The molecule has 0 saturated carbocycles. The van der Waals surface area contributed by atoms with Gasteiger partial charge in [0.25, 0.3) is 0 Å². The summed E-state index contributed by atoms with van der Waals surface area (Å²) < 4.78 is 1.14. The molecule has 2 aromatic carbocycles. The Morgan fingerprint density at radius 1 is 1.14 bits per heavy atom. The van der Waals surface area contributed by atoms with E-state index in [1.165, 1.54) is 21.6 Å². The minimum Gasteiger partial charge on any atom is -0.271 e. The molecule has 0 bridgehead atoms. The number of rotatable bonds is 6. The van der Waals surface area contributed by atoms with Crippen LogP contribution in [0.2, 0.25) is 0 Å². The lowest BCUT2D eigenvalue weighted by molar-refractivity contribution is 0.575. The SMILES string of the molecule is Cc1cc(C)cc(CC(CSc2ccccc2Br)NN)c1. The number of halogens is 1. The van der Waals surface area contributed by atoms with Crippen molar-refractivity contribution in [2.24, 2.45) is 5.84 Å². The monoisotopic (exact) mass is 364 g/mol. The number of hydrazine groups is 1. The Morgan fingerprint density at radius 2 is 1.81 bits per heavy atom. The minimum atomic E-state index is 0.253. The summed E-state index contributed by atoms with van der Waals surface area (Å²) in [6, 6.07) is 15.2. The lowest BCUT2D eigenvalue weighted by atomic mass is 10.0. The molecule has 0 aliphatic heterocycles. The van der Waals surface area contributed by atoms with Gasteiger partial charge in [0.1, 0.15) is 0 Å². The molecule has 0 radical (unpaired) electrons. The zero-order valence-corrected chi connectivity index (χ0v) is 14.8. The Morgan fingerprint density at radius 3 is 2.43 bits per heavy atom. The average Bonchev–Trinajstić information content (AvgIpc) is 2.44. The lowest BCUT2D eigenvalue weighted by Crippen LogP contribution is -2.38. The summed E-state index contributed by atoms with van der Waals surface area (Å²) in [5.74, 6) is 6.66. The van der Waals surface area contributed by atoms with Gasteiger partial charge in [-0.2, -0.15) is 0 Å². The summed E-state index contributed by atoms with van der Waals surface area (Å²) >= 11 is 5.40. The first-order valence-corrected chi connectivity index (χ1v) is 8.77. The van der Waals surface area contributed by atoms with Crippen molar-refractivity contribution in [1.82, 2.24) is 5.43 Å². The largest absolute Gasteiger partial charge is 0.271 e. The van der Waals surface area contributed by atoms with E-state index in [1.54, 1.807) is 0 Å². The maximum absolute atomic E-state index is 5.72. The zero-order valence-electron chi connectivity index (χ0n) is 12.4. The van der Waals surface area contributed by atoms with Crippen LogP contribution in [0.3, 0.4) is 0 Å². The third-order valence-electron chi connectivity index (χ3n) is 3.28. The first-order valence-electron chi connectivity index (χ1n) is 6.99. The number of thioether (sulfide) groups is 1. The first kappa shape index (κ1) is 16.6. The van der Waals surface area contributed by atoms with Gasteiger partial charge in [0.2, 0.25) is 0 Å². The molecule has 0 fully saturated rings. The van der Waals surface area contributed by atoms with E-state index in [9.17, 15) is 0 Å². The number of hydrogen-bond acceptors (Lipinski definition) is 3. The highest BCUT2D eigenvalue weighted by atomic mass is 79.9. The highest BCUT2D eigenvalue weighted by Gasteiger charge is 2.10.